The van der Waals surface area contributed by atoms with Crippen molar-refractivity contribution in [1.29, 1.82) is 0 Å². The zero-order chi connectivity index (χ0) is 14.4. The second-order valence-corrected chi connectivity index (χ2v) is 5.85. The Morgan fingerprint density at radius 1 is 1.15 bits per heavy atom. The van der Waals surface area contributed by atoms with E-state index in [1.807, 2.05) is 24.3 Å². The molecule has 3 heteroatoms. The fraction of sp³-hybridized carbons (Fsp3) is 0.588. The van der Waals surface area contributed by atoms with Crippen LogP contribution in [-0.4, -0.2) is 18.2 Å². The van der Waals surface area contributed by atoms with Gasteiger partial charge in [-0.1, -0.05) is 37.8 Å². The van der Waals surface area contributed by atoms with Crippen molar-refractivity contribution < 1.29 is 14.6 Å². The van der Waals surface area contributed by atoms with E-state index in [0.29, 0.717) is 0 Å². The Kier molecular flexibility index (Phi) is 5.05. The van der Waals surface area contributed by atoms with Crippen molar-refractivity contribution in [3.05, 3.63) is 29.8 Å². The molecule has 0 bridgehead atoms. The van der Waals surface area contributed by atoms with E-state index in [2.05, 4.69) is 0 Å². The van der Waals surface area contributed by atoms with E-state index >= 15 is 0 Å². The summed E-state index contributed by atoms with van der Waals surface area (Å²) in [5.74, 6) is 0.240. The first kappa shape index (κ1) is 14.9. The molecule has 1 N–H and O–H groups in total. The van der Waals surface area contributed by atoms with Gasteiger partial charge in [-0.05, 0) is 43.4 Å². The molecule has 0 radical (unpaired) electrons. The zero-order valence-corrected chi connectivity index (χ0v) is 12.2. The lowest BCUT2D eigenvalue weighted by Gasteiger charge is -2.28. The van der Waals surface area contributed by atoms with Gasteiger partial charge in [0.1, 0.15) is 5.75 Å². The van der Waals surface area contributed by atoms with E-state index < -0.39 is 11.4 Å². The molecule has 0 saturated heterocycles. The minimum absolute atomic E-state index is 0.504. The van der Waals surface area contributed by atoms with Crippen LogP contribution in [0.15, 0.2) is 24.3 Å². The molecule has 110 valence electrons. The van der Waals surface area contributed by atoms with Crippen LogP contribution in [0.4, 0.5) is 0 Å². The molecule has 20 heavy (non-hydrogen) atoms. The Labute approximate surface area is 121 Å². The molecule has 0 unspecified atom stereocenters. The Bertz CT molecular complexity index is 428. The third-order valence-electron chi connectivity index (χ3n) is 4.57. The van der Waals surface area contributed by atoms with Gasteiger partial charge in [0, 0.05) is 0 Å². The van der Waals surface area contributed by atoms with Crippen LogP contribution in [-0.2, 0) is 11.2 Å². The van der Waals surface area contributed by atoms with E-state index in [0.717, 1.165) is 44.3 Å². The summed E-state index contributed by atoms with van der Waals surface area (Å²) >= 11 is 0. The number of carboxylic acids is 1. The largest absolute Gasteiger partial charge is 0.497 e. The van der Waals surface area contributed by atoms with Gasteiger partial charge in [-0.2, -0.15) is 0 Å². The van der Waals surface area contributed by atoms with Gasteiger partial charge < -0.3 is 9.84 Å². The Balaban J connectivity index is 2.02. The number of ether oxygens (including phenoxy) is 1. The molecule has 0 atom stereocenters. The maximum atomic E-state index is 11.7. The standard InChI is InChI=1S/C17H24O3/c1-20-15-8-6-14(7-9-15)10-13-17(16(18)19)11-4-2-3-5-12-17/h6-9H,2-5,10-13H2,1H3,(H,18,19). The average molecular weight is 276 g/mol. The van der Waals surface area contributed by atoms with E-state index in [4.69, 9.17) is 4.74 Å². The maximum Gasteiger partial charge on any atom is 0.309 e. The molecule has 0 aromatic heterocycles. The minimum Gasteiger partial charge on any atom is -0.497 e. The Morgan fingerprint density at radius 2 is 1.75 bits per heavy atom. The number of methoxy groups -OCH3 is 1. The molecule has 0 aliphatic heterocycles. The molecule has 1 aromatic carbocycles. The number of aliphatic carboxylic acids is 1. The van der Waals surface area contributed by atoms with Crippen LogP contribution >= 0.6 is 0 Å². The Hall–Kier alpha value is -1.51. The van der Waals surface area contributed by atoms with Gasteiger partial charge >= 0.3 is 5.97 Å². The summed E-state index contributed by atoms with van der Waals surface area (Å²) in [5.41, 5.74) is 0.687. The predicted molar refractivity (Wildman–Crippen MR) is 79.1 cm³/mol. The van der Waals surface area contributed by atoms with Crippen molar-refractivity contribution in [2.45, 2.75) is 51.4 Å². The topological polar surface area (TPSA) is 46.5 Å². The number of carbonyl (C=O) groups is 1. The number of rotatable bonds is 5. The van der Waals surface area contributed by atoms with Crippen molar-refractivity contribution in [3.63, 3.8) is 0 Å². The zero-order valence-electron chi connectivity index (χ0n) is 12.2. The van der Waals surface area contributed by atoms with E-state index in [-0.39, 0.29) is 0 Å². The first-order chi connectivity index (χ1) is 9.66. The monoisotopic (exact) mass is 276 g/mol. The first-order valence-corrected chi connectivity index (χ1v) is 7.53. The van der Waals surface area contributed by atoms with Crippen LogP contribution in [0.3, 0.4) is 0 Å². The van der Waals surface area contributed by atoms with Crippen LogP contribution in [0.2, 0.25) is 0 Å². The van der Waals surface area contributed by atoms with Gasteiger partial charge in [0.25, 0.3) is 0 Å². The van der Waals surface area contributed by atoms with Crippen LogP contribution in [0.25, 0.3) is 0 Å². The molecule has 2 rings (SSSR count). The highest BCUT2D eigenvalue weighted by atomic mass is 16.5. The average Bonchev–Trinajstić information content (AvgIpc) is 2.72. The third-order valence-corrected chi connectivity index (χ3v) is 4.57. The van der Waals surface area contributed by atoms with Gasteiger partial charge in [0.05, 0.1) is 12.5 Å². The molecular weight excluding hydrogens is 252 g/mol. The Morgan fingerprint density at radius 3 is 2.25 bits per heavy atom. The smallest absolute Gasteiger partial charge is 0.309 e. The molecule has 0 spiro atoms. The number of hydrogen-bond donors (Lipinski definition) is 1. The summed E-state index contributed by atoms with van der Waals surface area (Å²) in [4.78, 5) is 11.7. The van der Waals surface area contributed by atoms with Crippen molar-refractivity contribution in [3.8, 4) is 5.75 Å². The predicted octanol–water partition coefficient (Wildman–Crippen LogP) is 4.05. The van der Waals surface area contributed by atoms with Crippen molar-refractivity contribution >= 4 is 5.97 Å². The molecule has 0 amide bonds. The summed E-state index contributed by atoms with van der Waals surface area (Å²) in [6, 6.07) is 7.95. The first-order valence-electron chi connectivity index (χ1n) is 7.53. The lowest BCUT2D eigenvalue weighted by molar-refractivity contribution is -0.150. The lowest BCUT2D eigenvalue weighted by Crippen LogP contribution is -2.31. The summed E-state index contributed by atoms with van der Waals surface area (Å²) in [6.45, 7) is 0. The van der Waals surface area contributed by atoms with Crippen molar-refractivity contribution in [1.82, 2.24) is 0 Å². The maximum absolute atomic E-state index is 11.7. The summed E-state index contributed by atoms with van der Waals surface area (Å²) in [7, 11) is 1.65. The quantitative estimate of drug-likeness (QED) is 0.825. The lowest BCUT2D eigenvalue weighted by atomic mass is 9.76. The SMILES string of the molecule is COc1ccc(CCC2(C(=O)O)CCCCCC2)cc1. The summed E-state index contributed by atoms with van der Waals surface area (Å²) in [6.07, 6.45) is 7.70. The minimum atomic E-state index is -0.604. The number of aryl methyl sites for hydroxylation is 1. The molecule has 1 aliphatic rings. The number of hydrogen-bond acceptors (Lipinski definition) is 2. The van der Waals surface area contributed by atoms with Gasteiger partial charge in [0.15, 0.2) is 0 Å². The number of benzene rings is 1. The fourth-order valence-electron chi connectivity index (χ4n) is 3.15. The molecular formula is C17H24O3. The van der Waals surface area contributed by atoms with Gasteiger partial charge in [-0.3, -0.25) is 4.79 Å². The van der Waals surface area contributed by atoms with Gasteiger partial charge in [0.2, 0.25) is 0 Å². The summed E-state index contributed by atoms with van der Waals surface area (Å²) in [5, 5.41) is 9.65. The van der Waals surface area contributed by atoms with Crippen LogP contribution in [0.1, 0.15) is 50.5 Å². The highest BCUT2D eigenvalue weighted by molar-refractivity contribution is 5.74. The summed E-state index contributed by atoms with van der Waals surface area (Å²) < 4.78 is 5.14. The van der Waals surface area contributed by atoms with Gasteiger partial charge in [-0.15, -0.1) is 0 Å². The van der Waals surface area contributed by atoms with E-state index in [1.54, 1.807) is 7.11 Å². The second-order valence-electron chi connectivity index (χ2n) is 5.85. The molecule has 1 saturated carbocycles. The molecule has 1 aromatic rings. The fourth-order valence-corrected chi connectivity index (χ4v) is 3.15. The normalized spacial score (nSPS) is 18.2. The van der Waals surface area contributed by atoms with E-state index in [1.165, 1.54) is 18.4 Å². The third kappa shape index (κ3) is 3.53. The van der Waals surface area contributed by atoms with Crippen LogP contribution in [0.5, 0.6) is 5.75 Å². The number of carboxylic acid groups (broad SMARTS) is 1. The van der Waals surface area contributed by atoms with Crippen molar-refractivity contribution in [2.24, 2.45) is 5.41 Å². The van der Waals surface area contributed by atoms with E-state index in [9.17, 15) is 9.90 Å². The van der Waals surface area contributed by atoms with Crippen LogP contribution in [0, 0.1) is 5.41 Å². The molecule has 1 fully saturated rings. The highest BCUT2D eigenvalue weighted by Crippen LogP contribution is 2.39. The highest BCUT2D eigenvalue weighted by Gasteiger charge is 2.37. The molecule has 3 nitrogen and oxygen atoms in total. The van der Waals surface area contributed by atoms with Crippen molar-refractivity contribution in [2.75, 3.05) is 7.11 Å². The molecule has 1 aliphatic carbocycles. The van der Waals surface area contributed by atoms with Gasteiger partial charge in [-0.25, -0.2) is 0 Å². The van der Waals surface area contributed by atoms with Crippen LogP contribution < -0.4 is 4.74 Å². The molecule has 0 heterocycles. The second kappa shape index (κ2) is 6.78.